The number of rotatable bonds is 9. The van der Waals surface area contributed by atoms with Crippen molar-refractivity contribution in [1.29, 1.82) is 0 Å². The van der Waals surface area contributed by atoms with E-state index in [0.717, 1.165) is 22.6 Å². The van der Waals surface area contributed by atoms with Gasteiger partial charge in [0.2, 0.25) is 0 Å². The molecule has 0 fully saturated rings. The van der Waals surface area contributed by atoms with Crippen LogP contribution < -0.4 is 15.4 Å². The van der Waals surface area contributed by atoms with E-state index in [1.54, 1.807) is 12.1 Å². The number of aryl methyl sites for hydroxylation is 1. The van der Waals surface area contributed by atoms with Crippen LogP contribution in [-0.4, -0.2) is 30.3 Å². The first kappa shape index (κ1) is 21.6. The van der Waals surface area contributed by atoms with Gasteiger partial charge in [-0.25, -0.2) is 0 Å². The van der Waals surface area contributed by atoms with Crippen molar-refractivity contribution < 1.29 is 14.6 Å². The zero-order valence-electron chi connectivity index (χ0n) is 17.3. The van der Waals surface area contributed by atoms with Gasteiger partial charge in [0.15, 0.2) is 0 Å². The van der Waals surface area contributed by atoms with Crippen molar-refractivity contribution in [3.05, 3.63) is 95.6 Å². The molecule has 1 amide bonds. The summed E-state index contributed by atoms with van der Waals surface area (Å²) >= 11 is 0. The molecule has 3 aromatic rings. The molecule has 5 nitrogen and oxygen atoms in total. The normalized spacial score (nSPS) is 12.8. The fourth-order valence-electron chi connectivity index (χ4n) is 3.07. The molecule has 0 spiro atoms. The molecule has 0 saturated heterocycles. The second-order valence-corrected chi connectivity index (χ2v) is 7.31. The zero-order chi connectivity index (χ0) is 21.3. The molecule has 2 unspecified atom stereocenters. The summed E-state index contributed by atoms with van der Waals surface area (Å²) in [6.07, 6.45) is -0.631. The molecule has 3 rings (SSSR count). The number of anilines is 1. The van der Waals surface area contributed by atoms with E-state index in [-0.39, 0.29) is 18.6 Å². The van der Waals surface area contributed by atoms with Crippen molar-refractivity contribution in [2.75, 3.05) is 18.5 Å². The molecule has 0 aromatic heterocycles. The van der Waals surface area contributed by atoms with E-state index in [2.05, 4.69) is 10.6 Å². The number of amides is 1. The molecule has 0 aliphatic carbocycles. The molecule has 0 heterocycles. The average molecular weight is 405 g/mol. The van der Waals surface area contributed by atoms with Gasteiger partial charge in [-0.1, -0.05) is 48.5 Å². The number of aliphatic hydroxyl groups excluding tert-OH is 1. The summed E-state index contributed by atoms with van der Waals surface area (Å²) in [7, 11) is 0. The van der Waals surface area contributed by atoms with Crippen molar-refractivity contribution in [2.45, 2.75) is 26.0 Å². The lowest BCUT2D eigenvalue weighted by atomic mass is 10.1. The minimum absolute atomic E-state index is 0.00619. The summed E-state index contributed by atoms with van der Waals surface area (Å²) in [4.78, 5) is 12.3. The molecule has 156 valence electrons. The molecule has 3 aromatic carbocycles. The Labute approximate surface area is 177 Å². The Hall–Kier alpha value is -3.15. The Kier molecular flexibility index (Phi) is 7.60. The minimum Gasteiger partial charge on any atom is -0.491 e. The maximum atomic E-state index is 12.3. The van der Waals surface area contributed by atoms with Gasteiger partial charge in [0.25, 0.3) is 5.91 Å². The van der Waals surface area contributed by atoms with Gasteiger partial charge in [0, 0.05) is 23.8 Å². The summed E-state index contributed by atoms with van der Waals surface area (Å²) < 4.78 is 5.70. The van der Waals surface area contributed by atoms with Gasteiger partial charge in [-0.15, -0.1) is 0 Å². The summed E-state index contributed by atoms with van der Waals surface area (Å²) in [5.41, 5.74) is 3.41. The van der Waals surface area contributed by atoms with Crippen molar-refractivity contribution in [2.24, 2.45) is 0 Å². The molecule has 2 atom stereocenters. The molecule has 3 N–H and O–H groups in total. The van der Waals surface area contributed by atoms with Crippen molar-refractivity contribution in [3.63, 3.8) is 0 Å². The molecule has 0 saturated carbocycles. The number of hydrogen-bond donors (Lipinski definition) is 3. The number of ether oxygens (including phenoxy) is 1. The summed E-state index contributed by atoms with van der Waals surface area (Å²) in [5.74, 6) is 0.642. The first-order valence-electron chi connectivity index (χ1n) is 10.1. The first-order valence-corrected chi connectivity index (χ1v) is 10.1. The highest BCUT2D eigenvalue weighted by molar-refractivity contribution is 6.04. The third kappa shape index (κ3) is 6.17. The standard InChI is InChI=1S/C25H28N2O3/c1-18-9-6-7-14-24(18)30-17-23(28)16-26-19(2)21-12-8-13-22(15-21)27-25(29)20-10-4-3-5-11-20/h3-15,19,23,26,28H,16-17H2,1-2H3,(H,27,29). The van der Waals surface area contributed by atoms with Gasteiger partial charge in [0.05, 0.1) is 0 Å². The van der Waals surface area contributed by atoms with Crippen LogP contribution in [0.3, 0.4) is 0 Å². The van der Waals surface area contributed by atoms with Gasteiger partial charge in [-0.2, -0.15) is 0 Å². The van der Waals surface area contributed by atoms with Crippen LogP contribution in [0.1, 0.15) is 34.5 Å². The lowest BCUT2D eigenvalue weighted by Crippen LogP contribution is -2.33. The number of hydrogen-bond acceptors (Lipinski definition) is 4. The molecule has 5 heteroatoms. The Balaban J connectivity index is 1.50. The van der Waals surface area contributed by atoms with E-state index in [9.17, 15) is 9.90 Å². The molecular formula is C25H28N2O3. The predicted molar refractivity (Wildman–Crippen MR) is 120 cm³/mol. The summed E-state index contributed by atoms with van der Waals surface area (Å²) in [5, 5.41) is 16.5. The number of nitrogens with one attached hydrogen (secondary N) is 2. The maximum absolute atomic E-state index is 12.3. The highest BCUT2D eigenvalue weighted by atomic mass is 16.5. The number of benzene rings is 3. The lowest BCUT2D eigenvalue weighted by molar-refractivity contribution is 0.102. The fraction of sp³-hybridized carbons (Fsp3) is 0.240. The van der Waals surface area contributed by atoms with Crippen LogP contribution in [0.15, 0.2) is 78.9 Å². The Morgan fingerprint density at radius 3 is 2.50 bits per heavy atom. The highest BCUT2D eigenvalue weighted by Crippen LogP contribution is 2.19. The van der Waals surface area contributed by atoms with E-state index in [4.69, 9.17) is 4.74 Å². The quantitative estimate of drug-likeness (QED) is 0.496. The Bertz CT molecular complexity index is 959. The maximum Gasteiger partial charge on any atom is 0.255 e. The van der Waals surface area contributed by atoms with Crippen LogP contribution >= 0.6 is 0 Å². The van der Waals surface area contributed by atoms with Gasteiger partial charge in [0.1, 0.15) is 18.5 Å². The van der Waals surface area contributed by atoms with Crippen LogP contribution in [0.2, 0.25) is 0 Å². The van der Waals surface area contributed by atoms with E-state index >= 15 is 0 Å². The largest absolute Gasteiger partial charge is 0.491 e. The van der Waals surface area contributed by atoms with Crippen LogP contribution in [-0.2, 0) is 0 Å². The highest BCUT2D eigenvalue weighted by Gasteiger charge is 2.12. The number of para-hydroxylation sites is 1. The van der Waals surface area contributed by atoms with E-state index < -0.39 is 6.10 Å². The molecule has 0 radical (unpaired) electrons. The van der Waals surface area contributed by atoms with E-state index in [1.807, 2.05) is 80.6 Å². The van der Waals surface area contributed by atoms with Crippen LogP contribution in [0, 0.1) is 6.92 Å². The number of carbonyl (C=O) groups is 1. The third-order valence-corrected chi connectivity index (χ3v) is 4.86. The molecule has 0 bridgehead atoms. The van der Waals surface area contributed by atoms with E-state index in [0.29, 0.717) is 12.1 Å². The average Bonchev–Trinajstić information content (AvgIpc) is 2.77. The molecule has 30 heavy (non-hydrogen) atoms. The van der Waals surface area contributed by atoms with Crippen LogP contribution in [0.4, 0.5) is 5.69 Å². The second-order valence-electron chi connectivity index (χ2n) is 7.31. The topological polar surface area (TPSA) is 70.6 Å². The van der Waals surface area contributed by atoms with Crippen molar-refractivity contribution >= 4 is 11.6 Å². The Morgan fingerprint density at radius 2 is 1.73 bits per heavy atom. The van der Waals surface area contributed by atoms with Crippen LogP contribution in [0.25, 0.3) is 0 Å². The summed E-state index contributed by atoms with van der Waals surface area (Å²) in [6.45, 7) is 4.62. The minimum atomic E-state index is -0.631. The monoisotopic (exact) mass is 404 g/mol. The molecular weight excluding hydrogens is 376 g/mol. The Morgan fingerprint density at radius 1 is 1.00 bits per heavy atom. The van der Waals surface area contributed by atoms with Gasteiger partial charge < -0.3 is 20.5 Å². The third-order valence-electron chi connectivity index (χ3n) is 4.86. The molecule has 0 aliphatic heterocycles. The molecule has 0 aliphatic rings. The second kappa shape index (κ2) is 10.6. The van der Waals surface area contributed by atoms with Crippen LogP contribution in [0.5, 0.6) is 5.75 Å². The SMILES string of the molecule is Cc1ccccc1OCC(O)CNC(C)c1cccc(NC(=O)c2ccccc2)c1. The lowest BCUT2D eigenvalue weighted by Gasteiger charge is -2.19. The number of carbonyl (C=O) groups excluding carboxylic acids is 1. The summed E-state index contributed by atoms with van der Waals surface area (Å²) in [6, 6.07) is 24.6. The van der Waals surface area contributed by atoms with Crippen molar-refractivity contribution in [1.82, 2.24) is 5.32 Å². The van der Waals surface area contributed by atoms with Gasteiger partial charge in [-0.3, -0.25) is 4.79 Å². The van der Waals surface area contributed by atoms with E-state index in [1.165, 1.54) is 0 Å². The van der Waals surface area contributed by atoms with Gasteiger partial charge >= 0.3 is 0 Å². The zero-order valence-corrected chi connectivity index (χ0v) is 17.3. The smallest absolute Gasteiger partial charge is 0.255 e. The number of aliphatic hydroxyl groups is 1. The van der Waals surface area contributed by atoms with Crippen molar-refractivity contribution in [3.8, 4) is 5.75 Å². The van der Waals surface area contributed by atoms with Gasteiger partial charge in [-0.05, 0) is 55.3 Å². The predicted octanol–water partition coefficient (Wildman–Crippen LogP) is 4.34. The fourth-order valence-corrected chi connectivity index (χ4v) is 3.07. The first-order chi connectivity index (χ1) is 14.5.